The second-order valence-electron chi connectivity index (χ2n) is 6.19. The van der Waals surface area contributed by atoms with E-state index in [0.717, 1.165) is 49.2 Å². The largest absolute Gasteiger partial charge is 0.460 e. The van der Waals surface area contributed by atoms with E-state index in [4.69, 9.17) is 16.3 Å². The van der Waals surface area contributed by atoms with Gasteiger partial charge in [0, 0.05) is 54.9 Å². The zero-order chi connectivity index (χ0) is 16.4. The van der Waals surface area contributed by atoms with E-state index in [1.165, 1.54) is 5.56 Å². The molecule has 0 spiro atoms. The third-order valence-electron chi connectivity index (χ3n) is 4.56. The topological polar surface area (TPSA) is 48.6 Å². The van der Waals surface area contributed by atoms with Crippen LogP contribution in [-0.4, -0.2) is 54.5 Å². The van der Waals surface area contributed by atoms with E-state index < -0.39 is 0 Å². The second kappa shape index (κ2) is 6.91. The van der Waals surface area contributed by atoms with Gasteiger partial charge in [-0.1, -0.05) is 11.6 Å². The highest BCUT2D eigenvalue weighted by atomic mass is 35.5. The number of carbonyl (C=O) groups is 1. The van der Waals surface area contributed by atoms with Gasteiger partial charge in [0.2, 0.25) is 0 Å². The SMILES string of the molecule is CC(OC=O)c1c[nH]c2c(CN3CCN(C)CC3)cc(Cl)cc12. The molecule has 6 heteroatoms. The fourth-order valence-electron chi connectivity index (χ4n) is 3.15. The van der Waals surface area contributed by atoms with E-state index in [1.54, 1.807) is 0 Å². The zero-order valence-corrected chi connectivity index (χ0v) is 14.3. The van der Waals surface area contributed by atoms with Gasteiger partial charge in [-0.05, 0) is 31.7 Å². The maximum atomic E-state index is 10.6. The third-order valence-corrected chi connectivity index (χ3v) is 4.77. The summed E-state index contributed by atoms with van der Waals surface area (Å²) < 4.78 is 5.08. The Labute approximate surface area is 141 Å². The van der Waals surface area contributed by atoms with Crippen molar-refractivity contribution >= 4 is 29.0 Å². The van der Waals surface area contributed by atoms with Crippen molar-refractivity contribution in [3.05, 3.63) is 34.5 Å². The van der Waals surface area contributed by atoms with E-state index in [9.17, 15) is 4.79 Å². The lowest BCUT2D eigenvalue weighted by Gasteiger charge is -2.32. The number of hydrogen-bond donors (Lipinski definition) is 1. The Bertz CT molecular complexity index is 692. The Hall–Kier alpha value is -1.56. The lowest BCUT2D eigenvalue weighted by Crippen LogP contribution is -2.43. The van der Waals surface area contributed by atoms with Crippen molar-refractivity contribution in [1.29, 1.82) is 0 Å². The van der Waals surface area contributed by atoms with Crippen LogP contribution in [0.15, 0.2) is 18.3 Å². The number of nitrogens with one attached hydrogen (secondary N) is 1. The molecule has 124 valence electrons. The summed E-state index contributed by atoms with van der Waals surface area (Å²) in [6, 6.07) is 3.95. The molecule has 1 aliphatic heterocycles. The predicted octanol–water partition coefficient (Wildman–Crippen LogP) is 2.80. The average Bonchev–Trinajstić information content (AvgIpc) is 2.93. The summed E-state index contributed by atoms with van der Waals surface area (Å²) >= 11 is 6.32. The molecule has 23 heavy (non-hydrogen) atoms. The standard InChI is InChI=1S/C17H22ClN3O2/c1-12(23-11-22)16-9-19-17-13(7-14(18)8-15(16)17)10-21-5-3-20(2)4-6-21/h7-9,11-12,19H,3-6,10H2,1-2H3. The van der Waals surface area contributed by atoms with Crippen molar-refractivity contribution in [3.8, 4) is 0 Å². The van der Waals surface area contributed by atoms with Gasteiger partial charge in [0.05, 0.1) is 5.52 Å². The van der Waals surface area contributed by atoms with Gasteiger partial charge < -0.3 is 14.6 Å². The molecule has 1 atom stereocenters. The van der Waals surface area contributed by atoms with Crippen molar-refractivity contribution in [2.45, 2.75) is 19.6 Å². The van der Waals surface area contributed by atoms with Gasteiger partial charge in [0.25, 0.3) is 6.47 Å². The number of rotatable bonds is 5. The van der Waals surface area contributed by atoms with Gasteiger partial charge in [-0.25, -0.2) is 0 Å². The normalized spacial score (nSPS) is 18.2. The number of piperazine rings is 1. The van der Waals surface area contributed by atoms with Crippen molar-refractivity contribution in [1.82, 2.24) is 14.8 Å². The van der Waals surface area contributed by atoms with Crippen molar-refractivity contribution in [2.24, 2.45) is 0 Å². The molecule has 3 rings (SSSR count). The van der Waals surface area contributed by atoms with Gasteiger partial charge in [-0.15, -0.1) is 0 Å². The van der Waals surface area contributed by atoms with E-state index >= 15 is 0 Å². The number of likely N-dealkylation sites (N-methyl/N-ethyl adjacent to an activating group) is 1. The quantitative estimate of drug-likeness (QED) is 0.854. The van der Waals surface area contributed by atoms with E-state index in [2.05, 4.69) is 21.8 Å². The number of hydrogen-bond acceptors (Lipinski definition) is 4. The Balaban J connectivity index is 1.90. The lowest BCUT2D eigenvalue weighted by molar-refractivity contribution is -0.133. The monoisotopic (exact) mass is 335 g/mol. The molecule has 1 fully saturated rings. The summed E-state index contributed by atoms with van der Waals surface area (Å²) in [5.41, 5.74) is 3.21. The molecule has 1 unspecified atom stereocenters. The highest BCUT2D eigenvalue weighted by Gasteiger charge is 2.18. The number of aromatic amines is 1. The molecule has 1 aromatic carbocycles. The lowest BCUT2D eigenvalue weighted by atomic mass is 10.1. The molecule has 1 aromatic heterocycles. The van der Waals surface area contributed by atoms with Crippen LogP contribution in [-0.2, 0) is 16.1 Å². The summed E-state index contributed by atoms with van der Waals surface area (Å²) in [5.74, 6) is 0. The number of benzene rings is 1. The Morgan fingerprint density at radius 2 is 2.09 bits per heavy atom. The van der Waals surface area contributed by atoms with Gasteiger partial charge in [0.1, 0.15) is 6.10 Å². The molecule has 1 N–H and O–H groups in total. The first-order valence-corrected chi connectivity index (χ1v) is 8.25. The minimum absolute atomic E-state index is 0.295. The van der Waals surface area contributed by atoms with Gasteiger partial charge in [0.15, 0.2) is 0 Å². The maximum Gasteiger partial charge on any atom is 0.293 e. The number of halogens is 1. The summed E-state index contributed by atoms with van der Waals surface area (Å²) in [6.07, 6.45) is 1.61. The van der Waals surface area contributed by atoms with Crippen LogP contribution < -0.4 is 0 Å². The van der Waals surface area contributed by atoms with Crippen LogP contribution in [0.2, 0.25) is 5.02 Å². The molecule has 0 aliphatic carbocycles. The molecule has 1 aliphatic rings. The first kappa shape index (κ1) is 16.3. The number of H-pyrrole nitrogens is 1. The Kier molecular flexibility index (Phi) is 4.90. The number of aromatic nitrogens is 1. The third kappa shape index (κ3) is 3.52. The minimum atomic E-state index is -0.295. The summed E-state index contributed by atoms with van der Waals surface area (Å²) in [7, 11) is 2.15. The summed E-state index contributed by atoms with van der Waals surface area (Å²) in [5, 5.41) is 1.73. The Morgan fingerprint density at radius 1 is 1.35 bits per heavy atom. The number of ether oxygens (including phenoxy) is 1. The number of fused-ring (bicyclic) bond motifs is 1. The molecule has 2 aromatic rings. The van der Waals surface area contributed by atoms with Crippen LogP contribution in [0.3, 0.4) is 0 Å². The minimum Gasteiger partial charge on any atom is -0.460 e. The summed E-state index contributed by atoms with van der Waals surface area (Å²) in [6.45, 7) is 7.50. The molecule has 0 bridgehead atoms. The smallest absolute Gasteiger partial charge is 0.293 e. The molecular formula is C17H22ClN3O2. The molecule has 2 heterocycles. The van der Waals surface area contributed by atoms with Gasteiger partial charge in [-0.2, -0.15) is 0 Å². The van der Waals surface area contributed by atoms with E-state index in [-0.39, 0.29) is 6.10 Å². The van der Waals surface area contributed by atoms with Crippen molar-refractivity contribution in [3.63, 3.8) is 0 Å². The fourth-order valence-corrected chi connectivity index (χ4v) is 3.39. The number of nitrogens with zero attached hydrogens (tertiary/aromatic N) is 2. The van der Waals surface area contributed by atoms with Crippen LogP contribution in [0, 0.1) is 0 Å². The van der Waals surface area contributed by atoms with Crippen LogP contribution in [0.25, 0.3) is 10.9 Å². The molecule has 0 radical (unpaired) electrons. The Morgan fingerprint density at radius 3 is 2.78 bits per heavy atom. The van der Waals surface area contributed by atoms with Crippen molar-refractivity contribution in [2.75, 3.05) is 33.2 Å². The second-order valence-corrected chi connectivity index (χ2v) is 6.62. The van der Waals surface area contributed by atoms with Crippen LogP contribution in [0.1, 0.15) is 24.2 Å². The average molecular weight is 336 g/mol. The van der Waals surface area contributed by atoms with E-state index in [0.29, 0.717) is 11.5 Å². The highest BCUT2D eigenvalue weighted by molar-refractivity contribution is 6.31. The zero-order valence-electron chi connectivity index (χ0n) is 13.5. The van der Waals surface area contributed by atoms with Crippen LogP contribution in [0.5, 0.6) is 0 Å². The first-order valence-electron chi connectivity index (χ1n) is 7.88. The number of carbonyl (C=O) groups excluding carboxylic acids is 1. The van der Waals surface area contributed by atoms with Crippen LogP contribution in [0.4, 0.5) is 0 Å². The van der Waals surface area contributed by atoms with Gasteiger partial charge in [-0.3, -0.25) is 9.69 Å². The van der Waals surface area contributed by atoms with Gasteiger partial charge >= 0.3 is 0 Å². The summed E-state index contributed by atoms with van der Waals surface area (Å²) in [4.78, 5) is 18.7. The molecular weight excluding hydrogens is 314 g/mol. The first-order chi connectivity index (χ1) is 11.1. The predicted molar refractivity (Wildman–Crippen MR) is 91.6 cm³/mol. The van der Waals surface area contributed by atoms with Crippen molar-refractivity contribution < 1.29 is 9.53 Å². The van der Waals surface area contributed by atoms with E-state index in [1.807, 2.05) is 25.3 Å². The molecule has 0 amide bonds. The van der Waals surface area contributed by atoms with Crippen LogP contribution >= 0.6 is 11.6 Å². The maximum absolute atomic E-state index is 10.6. The highest BCUT2D eigenvalue weighted by Crippen LogP contribution is 2.31. The fraction of sp³-hybridized carbons (Fsp3) is 0.471. The molecule has 5 nitrogen and oxygen atoms in total. The molecule has 1 saturated heterocycles. The molecule has 0 saturated carbocycles.